The Morgan fingerprint density at radius 3 is 1.11 bits per heavy atom. The molecular formula is C38H43BO4Si2. The Morgan fingerprint density at radius 2 is 0.800 bits per heavy atom. The van der Waals surface area contributed by atoms with E-state index in [9.17, 15) is 10.0 Å². The maximum absolute atomic E-state index is 10.6. The van der Waals surface area contributed by atoms with E-state index in [2.05, 4.69) is 114 Å². The molecule has 0 amide bonds. The molecule has 0 saturated carbocycles. The van der Waals surface area contributed by atoms with Crippen molar-refractivity contribution in [2.75, 3.05) is 0 Å². The van der Waals surface area contributed by atoms with Crippen LogP contribution in [0.2, 0.25) is 10.1 Å². The molecule has 0 radical (unpaired) electrons. The van der Waals surface area contributed by atoms with E-state index >= 15 is 0 Å². The Bertz CT molecular complexity index is 1610. The summed E-state index contributed by atoms with van der Waals surface area (Å²) in [4.78, 5) is 0. The lowest BCUT2D eigenvalue weighted by molar-refractivity contribution is 0.422. The van der Waals surface area contributed by atoms with Crippen molar-refractivity contribution in [2.24, 2.45) is 0 Å². The van der Waals surface area contributed by atoms with Gasteiger partial charge in [0.15, 0.2) is 0 Å². The number of rotatable bonds is 9. The van der Waals surface area contributed by atoms with Crippen molar-refractivity contribution in [3.8, 4) is 11.5 Å². The van der Waals surface area contributed by atoms with Crippen LogP contribution in [0.25, 0.3) is 0 Å². The summed E-state index contributed by atoms with van der Waals surface area (Å²) in [6, 6.07) is 47.1. The van der Waals surface area contributed by atoms with Gasteiger partial charge in [0, 0.05) is 11.5 Å². The van der Waals surface area contributed by atoms with Crippen LogP contribution >= 0.6 is 0 Å². The Labute approximate surface area is 270 Å². The molecule has 0 aliphatic heterocycles. The first kappa shape index (κ1) is 32.5. The number of hydrogen-bond acceptors (Lipinski definition) is 4. The largest absolute Gasteiger partial charge is 0.534 e. The second-order valence-electron chi connectivity index (χ2n) is 13.6. The molecule has 0 saturated heterocycles. The molecular weight excluding hydrogens is 587 g/mol. The molecule has 0 aromatic heterocycles. The molecule has 0 heterocycles. The number of hydrogen-bond donors (Lipinski definition) is 2. The van der Waals surface area contributed by atoms with E-state index in [1.54, 1.807) is 6.07 Å². The van der Waals surface area contributed by atoms with E-state index in [1.807, 2.05) is 60.7 Å². The molecule has 5 aromatic carbocycles. The fraction of sp³-hybridized carbons (Fsp3) is 0.211. The molecule has 0 unspecified atom stereocenters. The highest BCUT2D eigenvalue weighted by atomic mass is 28.4. The first-order valence-electron chi connectivity index (χ1n) is 15.5. The van der Waals surface area contributed by atoms with Crippen LogP contribution in [-0.4, -0.2) is 33.8 Å². The van der Waals surface area contributed by atoms with Gasteiger partial charge in [0.25, 0.3) is 0 Å². The Morgan fingerprint density at radius 1 is 0.467 bits per heavy atom. The van der Waals surface area contributed by atoms with Crippen LogP contribution in [0.5, 0.6) is 11.5 Å². The fourth-order valence-electron chi connectivity index (χ4n) is 6.52. The summed E-state index contributed by atoms with van der Waals surface area (Å²) in [6.45, 7) is 13.3. The van der Waals surface area contributed by atoms with E-state index in [4.69, 9.17) is 8.85 Å². The molecule has 5 aromatic rings. The van der Waals surface area contributed by atoms with Crippen molar-refractivity contribution >= 4 is 50.0 Å². The van der Waals surface area contributed by atoms with Crippen molar-refractivity contribution in [1.82, 2.24) is 0 Å². The summed E-state index contributed by atoms with van der Waals surface area (Å²) in [5.41, 5.74) is 0.304. The van der Waals surface area contributed by atoms with Crippen molar-refractivity contribution in [1.29, 1.82) is 0 Å². The van der Waals surface area contributed by atoms with Crippen LogP contribution in [0.4, 0.5) is 0 Å². The van der Waals surface area contributed by atoms with E-state index in [0.717, 1.165) is 20.7 Å². The smallest absolute Gasteiger partial charge is 0.492 e. The van der Waals surface area contributed by atoms with Crippen LogP contribution in [0.3, 0.4) is 0 Å². The van der Waals surface area contributed by atoms with Crippen molar-refractivity contribution < 1.29 is 18.9 Å². The third-order valence-electron chi connectivity index (χ3n) is 8.63. The SMILES string of the molecule is CC(C)(C)[Si](Oc1ccc(B(O)O)c(O[Si](c2ccccc2)(c2ccccc2)C(C)(C)C)c1)(c1ccccc1)c1ccccc1. The molecule has 5 rings (SSSR count). The molecule has 0 atom stereocenters. The van der Waals surface area contributed by atoms with Gasteiger partial charge in [0.1, 0.15) is 11.5 Å². The highest BCUT2D eigenvalue weighted by molar-refractivity contribution is 7.00. The molecule has 4 nitrogen and oxygen atoms in total. The van der Waals surface area contributed by atoms with E-state index in [-0.39, 0.29) is 10.1 Å². The zero-order chi connectivity index (χ0) is 32.3. The summed E-state index contributed by atoms with van der Waals surface area (Å²) in [7, 11) is -7.75. The molecule has 0 bridgehead atoms. The standard InChI is InChI=1S/C38H43BO4Si2/c1-37(2,3)44(31-19-11-7-12-20-31,32-21-13-8-14-22-32)42-30-27-28-35(39(40)41)36(29-30)43-45(38(4,5)6,33-23-15-9-16-24-33)34-25-17-10-18-26-34/h7-29,40-41H,1-6H3. The van der Waals surface area contributed by atoms with E-state index < -0.39 is 23.8 Å². The summed E-state index contributed by atoms with van der Waals surface area (Å²) in [5.74, 6) is 1.04. The van der Waals surface area contributed by atoms with Gasteiger partial charge >= 0.3 is 23.8 Å². The van der Waals surface area contributed by atoms with Crippen molar-refractivity contribution in [3.63, 3.8) is 0 Å². The first-order valence-corrected chi connectivity index (χ1v) is 19.3. The van der Waals surface area contributed by atoms with Gasteiger partial charge in [-0.05, 0) is 36.9 Å². The van der Waals surface area contributed by atoms with E-state index in [0.29, 0.717) is 17.0 Å². The van der Waals surface area contributed by atoms with Crippen molar-refractivity contribution in [2.45, 2.75) is 51.6 Å². The van der Waals surface area contributed by atoms with Crippen LogP contribution in [0.15, 0.2) is 140 Å². The normalized spacial score (nSPS) is 12.4. The second-order valence-corrected chi connectivity index (χ2v) is 22.0. The molecule has 0 aliphatic carbocycles. The van der Waals surface area contributed by atoms with E-state index in [1.165, 1.54) is 0 Å². The van der Waals surface area contributed by atoms with Gasteiger partial charge in [-0.25, -0.2) is 0 Å². The minimum atomic E-state index is -3.08. The Balaban J connectivity index is 1.74. The summed E-state index contributed by atoms with van der Waals surface area (Å²) in [5, 5.41) is 25.2. The van der Waals surface area contributed by atoms with Gasteiger partial charge in [-0.3, -0.25) is 0 Å². The maximum atomic E-state index is 10.6. The predicted molar refractivity (Wildman–Crippen MR) is 193 cm³/mol. The minimum absolute atomic E-state index is 0.246. The minimum Gasteiger partial charge on any atom is -0.534 e. The predicted octanol–water partition coefficient (Wildman–Crippen LogP) is 5.24. The van der Waals surface area contributed by atoms with Crippen LogP contribution in [0, 0.1) is 0 Å². The lowest BCUT2D eigenvalue weighted by Crippen LogP contribution is -2.69. The van der Waals surface area contributed by atoms with Gasteiger partial charge in [-0.2, -0.15) is 0 Å². The second kappa shape index (κ2) is 12.9. The zero-order valence-electron chi connectivity index (χ0n) is 27.1. The van der Waals surface area contributed by atoms with Crippen LogP contribution in [0.1, 0.15) is 41.5 Å². The molecule has 2 N–H and O–H groups in total. The molecule has 45 heavy (non-hydrogen) atoms. The molecule has 230 valence electrons. The summed E-state index contributed by atoms with van der Waals surface area (Å²) >= 11 is 0. The summed E-state index contributed by atoms with van der Waals surface area (Å²) < 4.78 is 14.7. The lowest BCUT2D eigenvalue weighted by Gasteiger charge is -2.44. The molecule has 0 spiro atoms. The third kappa shape index (κ3) is 6.18. The van der Waals surface area contributed by atoms with Gasteiger partial charge in [0.2, 0.25) is 0 Å². The highest BCUT2D eigenvalue weighted by Gasteiger charge is 2.54. The third-order valence-corrected chi connectivity index (χ3v) is 18.5. The topological polar surface area (TPSA) is 58.9 Å². The monoisotopic (exact) mass is 630 g/mol. The van der Waals surface area contributed by atoms with Gasteiger partial charge in [0.05, 0.1) is 0 Å². The first-order chi connectivity index (χ1) is 21.4. The number of benzene rings is 5. The molecule has 0 aliphatic rings. The average molecular weight is 631 g/mol. The van der Waals surface area contributed by atoms with Gasteiger partial charge in [-0.1, -0.05) is 169 Å². The summed E-state index contributed by atoms with van der Waals surface area (Å²) in [6.07, 6.45) is 0. The quantitative estimate of drug-likeness (QED) is 0.219. The van der Waals surface area contributed by atoms with Crippen molar-refractivity contribution in [3.05, 3.63) is 140 Å². The van der Waals surface area contributed by atoms with Gasteiger partial charge in [-0.15, -0.1) is 0 Å². The molecule has 7 heteroatoms. The average Bonchev–Trinajstić information content (AvgIpc) is 3.03. The van der Waals surface area contributed by atoms with Crippen LogP contribution in [-0.2, 0) is 0 Å². The highest BCUT2D eigenvalue weighted by Crippen LogP contribution is 2.40. The fourth-order valence-corrected chi connectivity index (χ4v) is 15.4. The maximum Gasteiger partial charge on any atom is 0.492 e. The van der Waals surface area contributed by atoms with Crippen LogP contribution < -0.4 is 35.1 Å². The molecule has 0 fully saturated rings. The Hall–Kier alpha value is -3.88. The zero-order valence-corrected chi connectivity index (χ0v) is 29.1. The lowest BCUT2D eigenvalue weighted by atomic mass is 9.79. The van der Waals surface area contributed by atoms with Gasteiger partial charge < -0.3 is 18.9 Å². The Kier molecular flexibility index (Phi) is 9.28.